The van der Waals surface area contributed by atoms with Crippen LogP contribution in [0.3, 0.4) is 0 Å². The van der Waals surface area contributed by atoms with Crippen molar-refractivity contribution in [2.24, 2.45) is 4.99 Å². The molecule has 1 fully saturated rings. The largest absolute Gasteiger partial charge is 0.490 e. The molecule has 7 nitrogen and oxygen atoms in total. The number of imidazole rings is 1. The van der Waals surface area contributed by atoms with Crippen LogP contribution >= 0.6 is 0 Å². The van der Waals surface area contributed by atoms with Crippen molar-refractivity contribution in [1.82, 2.24) is 19.5 Å². The second kappa shape index (κ2) is 9.00. The van der Waals surface area contributed by atoms with E-state index in [0.717, 1.165) is 41.1 Å². The second-order valence-electron chi connectivity index (χ2n) is 8.11. The van der Waals surface area contributed by atoms with Crippen LogP contribution < -0.4 is 10.2 Å². The molecule has 0 spiro atoms. The van der Waals surface area contributed by atoms with Gasteiger partial charge in [-0.1, -0.05) is 26.0 Å². The van der Waals surface area contributed by atoms with Crippen LogP contribution in [0.5, 0.6) is 5.75 Å². The van der Waals surface area contributed by atoms with Gasteiger partial charge in [0.2, 0.25) is 0 Å². The Labute approximate surface area is 177 Å². The molecular formula is C23H31N5O2. The van der Waals surface area contributed by atoms with Gasteiger partial charge in [-0.3, -0.25) is 9.56 Å². The van der Waals surface area contributed by atoms with Crippen LogP contribution in [0.15, 0.2) is 35.6 Å². The summed E-state index contributed by atoms with van der Waals surface area (Å²) in [6.07, 6.45) is 6.47. The lowest BCUT2D eigenvalue weighted by atomic mass is 10.1. The Kier molecular flexibility index (Phi) is 6.18. The number of ether oxygens (including phenoxy) is 2. The zero-order valence-corrected chi connectivity index (χ0v) is 18.3. The number of hydrogen-bond donors (Lipinski definition) is 1. The van der Waals surface area contributed by atoms with Gasteiger partial charge in [0.25, 0.3) is 0 Å². The second-order valence-corrected chi connectivity index (χ2v) is 8.11. The molecule has 0 bridgehead atoms. The summed E-state index contributed by atoms with van der Waals surface area (Å²) in [4.78, 5) is 17.4. The standard InChI is InChI=1S/C23H31N5O2/c1-5-24-21-19-22(27-20(26-19)15(2)3)28(14-25-21)23(29-4)16-9-8-12-18(13-16)30-17-10-6-7-11-17/h8-9,12-15,17,23H,5-7,10-11H2,1-4H3,(H,26,27). The number of rotatable bonds is 7. The predicted molar refractivity (Wildman–Crippen MR) is 117 cm³/mol. The maximum absolute atomic E-state index is 6.20. The Morgan fingerprint density at radius 2 is 2.07 bits per heavy atom. The van der Waals surface area contributed by atoms with Gasteiger partial charge in [-0.05, 0) is 44.7 Å². The van der Waals surface area contributed by atoms with Gasteiger partial charge in [-0.25, -0.2) is 9.97 Å². The molecule has 1 aliphatic carbocycles. The molecule has 2 heterocycles. The summed E-state index contributed by atoms with van der Waals surface area (Å²) in [6.45, 7) is 6.89. The molecule has 30 heavy (non-hydrogen) atoms. The van der Waals surface area contributed by atoms with E-state index in [4.69, 9.17) is 14.5 Å². The summed E-state index contributed by atoms with van der Waals surface area (Å²) in [5.74, 6) is 2.06. The Morgan fingerprint density at radius 1 is 1.27 bits per heavy atom. The lowest BCUT2D eigenvalue weighted by Gasteiger charge is -2.21. The zero-order chi connectivity index (χ0) is 21.1. The third kappa shape index (κ3) is 4.12. The average Bonchev–Trinajstić information content (AvgIpc) is 3.41. The normalized spacial score (nSPS) is 16.6. The van der Waals surface area contributed by atoms with Crippen LogP contribution in [0.4, 0.5) is 0 Å². The van der Waals surface area contributed by atoms with E-state index in [1.165, 1.54) is 12.8 Å². The fourth-order valence-electron chi connectivity index (χ4n) is 4.03. The molecule has 0 amide bonds. The van der Waals surface area contributed by atoms with Crippen LogP contribution in [-0.2, 0) is 4.74 Å². The quantitative estimate of drug-likeness (QED) is 0.630. The fourth-order valence-corrected chi connectivity index (χ4v) is 4.03. The number of nitrogens with one attached hydrogen (secondary N) is 1. The van der Waals surface area contributed by atoms with Crippen molar-refractivity contribution in [3.8, 4) is 5.75 Å². The van der Waals surface area contributed by atoms with Crippen molar-refractivity contribution >= 4 is 11.2 Å². The molecule has 2 aromatic heterocycles. The van der Waals surface area contributed by atoms with Crippen LogP contribution in [0.2, 0.25) is 0 Å². The van der Waals surface area contributed by atoms with E-state index in [2.05, 4.69) is 40.9 Å². The number of aromatic nitrogens is 4. The summed E-state index contributed by atoms with van der Waals surface area (Å²) in [7, 11) is 1.70. The molecule has 0 saturated heterocycles. The molecule has 1 aliphatic rings. The van der Waals surface area contributed by atoms with Crippen LogP contribution in [-0.4, -0.2) is 39.3 Å². The summed E-state index contributed by atoms with van der Waals surface area (Å²) < 4.78 is 14.1. The molecule has 7 heteroatoms. The third-order valence-corrected chi connectivity index (χ3v) is 5.55. The summed E-state index contributed by atoms with van der Waals surface area (Å²) in [6, 6.07) is 8.14. The molecule has 1 unspecified atom stereocenters. The van der Waals surface area contributed by atoms with E-state index >= 15 is 0 Å². The molecule has 160 valence electrons. The van der Waals surface area contributed by atoms with E-state index in [-0.39, 0.29) is 12.1 Å². The van der Waals surface area contributed by atoms with Gasteiger partial charge in [0.05, 0.1) is 6.10 Å². The van der Waals surface area contributed by atoms with Gasteiger partial charge in [0, 0.05) is 25.1 Å². The van der Waals surface area contributed by atoms with Gasteiger partial charge >= 0.3 is 0 Å². The van der Waals surface area contributed by atoms with Gasteiger partial charge in [-0.2, -0.15) is 0 Å². The van der Waals surface area contributed by atoms with Gasteiger partial charge < -0.3 is 14.5 Å². The average molecular weight is 410 g/mol. The Hall–Kier alpha value is -2.67. The first-order valence-electron chi connectivity index (χ1n) is 10.9. The highest BCUT2D eigenvalue weighted by Crippen LogP contribution is 2.28. The minimum atomic E-state index is -0.369. The van der Waals surface area contributed by atoms with Crippen molar-refractivity contribution in [2.45, 2.75) is 64.7 Å². The number of benzene rings is 1. The van der Waals surface area contributed by atoms with Crippen molar-refractivity contribution in [1.29, 1.82) is 0 Å². The smallest absolute Gasteiger partial charge is 0.176 e. The first kappa shape index (κ1) is 20.6. The predicted octanol–water partition coefficient (Wildman–Crippen LogP) is 4.32. The first-order valence-corrected chi connectivity index (χ1v) is 10.9. The number of hydrogen-bond acceptors (Lipinski definition) is 5. The third-order valence-electron chi connectivity index (χ3n) is 5.55. The Balaban J connectivity index is 1.76. The molecule has 1 N–H and O–H groups in total. The van der Waals surface area contributed by atoms with E-state index < -0.39 is 0 Å². The minimum absolute atomic E-state index is 0.268. The highest BCUT2D eigenvalue weighted by atomic mass is 16.5. The van der Waals surface area contributed by atoms with Crippen molar-refractivity contribution < 1.29 is 9.47 Å². The zero-order valence-electron chi connectivity index (χ0n) is 18.3. The topological polar surface area (TPSA) is 77.3 Å². The van der Waals surface area contributed by atoms with Crippen LogP contribution in [0, 0.1) is 0 Å². The number of fused-ring (bicyclic) bond motifs is 1. The molecule has 1 saturated carbocycles. The summed E-state index contributed by atoms with van der Waals surface area (Å²) in [5, 5.41) is 0. The minimum Gasteiger partial charge on any atom is -0.490 e. The lowest BCUT2D eigenvalue weighted by Crippen LogP contribution is -2.20. The van der Waals surface area contributed by atoms with Crippen LogP contribution in [0.25, 0.3) is 11.2 Å². The number of methoxy groups -OCH3 is 1. The van der Waals surface area contributed by atoms with E-state index in [1.807, 2.05) is 23.6 Å². The molecule has 1 atom stereocenters. The summed E-state index contributed by atoms with van der Waals surface area (Å²) in [5.41, 5.74) is 3.30. The van der Waals surface area contributed by atoms with E-state index in [0.29, 0.717) is 18.1 Å². The van der Waals surface area contributed by atoms with Crippen molar-refractivity contribution in [2.75, 3.05) is 13.7 Å². The SMILES string of the molecule is CCN=c1ncn(C(OC)c2cccc(OC3CCCC3)c2)c2nc(C(C)C)[nH]c12. The molecule has 1 aromatic carbocycles. The molecular weight excluding hydrogens is 378 g/mol. The number of aromatic amines is 1. The fraction of sp³-hybridized carbons (Fsp3) is 0.522. The lowest BCUT2D eigenvalue weighted by molar-refractivity contribution is 0.0800. The monoisotopic (exact) mass is 409 g/mol. The summed E-state index contributed by atoms with van der Waals surface area (Å²) >= 11 is 0. The maximum atomic E-state index is 6.20. The number of H-pyrrole nitrogens is 1. The molecule has 4 rings (SSSR count). The molecule has 0 aliphatic heterocycles. The Bertz CT molecular complexity index is 1060. The van der Waals surface area contributed by atoms with Gasteiger partial charge in [0.15, 0.2) is 17.4 Å². The Morgan fingerprint density at radius 3 is 2.77 bits per heavy atom. The maximum Gasteiger partial charge on any atom is 0.176 e. The van der Waals surface area contributed by atoms with Crippen molar-refractivity contribution in [3.05, 3.63) is 47.5 Å². The highest BCUT2D eigenvalue weighted by Gasteiger charge is 2.21. The van der Waals surface area contributed by atoms with E-state index in [1.54, 1.807) is 13.4 Å². The number of nitrogens with zero attached hydrogens (tertiary/aromatic N) is 4. The highest BCUT2D eigenvalue weighted by molar-refractivity contribution is 5.70. The van der Waals surface area contributed by atoms with Crippen molar-refractivity contribution in [3.63, 3.8) is 0 Å². The first-order chi connectivity index (χ1) is 14.6. The van der Waals surface area contributed by atoms with E-state index in [9.17, 15) is 0 Å². The van der Waals surface area contributed by atoms with Gasteiger partial charge in [-0.15, -0.1) is 0 Å². The van der Waals surface area contributed by atoms with Gasteiger partial charge in [0.1, 0.15) is 23.4 Å². The molecule has 3 aromatic rings. The van der Waals surface area contributed by atoms with Crippen LogP contribution in [0.1, 0.15) is 70.0 Å². The molecule has 0 radical (unpaired) electrons.